The fourth-order valence-corrected chi connectivity index (χ4v) is 4.24. The van der Waals surface area contributed by atoms with Crippen LogP contribution in [0.4, 0.5) is 5.82 Å². The molecule has 0 bridgehead atoms. The van der Waals surface area contributed by atoms with Crippen LogP contribution in [0.3, 0.4) is 0 Å². The molecule has 1 aromatic carbocycles. The molecule has 0 spiro atoms. The van der Waals surface area contributed by atoms with Crippen LogP contribution in [0.2, 0.25) is 0 Å². The molecule has 0 atom stereocenters. The number of piperazine rings is 1. The molecule has 0 radical (unpaired) electrons. The predicted molar refractivity (Wildman–Crippen MR) is 133 cm³/mol. The average molecular weight is 503 g/mol. The molecule has 32 heavy (non-hydrogen) atoms. The Hall–Kier alpha value is -2.03. The van der Waals surface area contributed by atoms with E-state index in [-0.39, 0.29) is 5.91 Å². The van der Waals surface area contributed by atoms with Gasteiger partial charge in [0.15, 0.2) is 5.82 Å². The zero-order valence-electron chi connectivity index (χ0n) is 19.7. The molecule has 174 valence electrons. The van der Waals surface area contributed by atoms with Gasteiger partial charge < -0.3 is 9.80 Å². The molecular formula is C24H35BrN6O. The number of hydrazine groups is 1. The molecule has 7 nitrogen and oxygen atoms in total. The van der Waals surface area contributed by atoms with Crippen LogP contribution in [0.15, 0.2) is 41.0 Å². The maximum absolute atomic E-state index is 13.7. The van der Waals surface area contributed by atoms with E-state index >= 15 is 0 Å². The topological polar surface area (TPSA) is 55.8 Å². The third-order valence-electron chi connectivity index (χ3n) is 5.62. The first-order chi connectivity index (χ1) is 15.3. The summed E-state index contributed by atoms with van der Waals surface area (Å²) in [6.07, 6.45) is 2.67. The van der Waals surface area contributed by atoms with Gasteiger partial charge in [-0.3, -0.25) is 9.80 Å². The maximum atomic E-state index is 13.7. The highest BCUT2D eigenvalue weighted by atomic mass is 79.9. The van der Waals surface area contributed by atoms with E-state index in [2.05, 4.69) is 56.6 Å². The van der Waals surface area contributed by atoms with Gasteiger partial charge in [-0.1, -0.05) is 32.0 Å². The van der Waals surface area contributed by atoms with E-state index in [0.29, 0.717) is 30.4 Å². The zero-order valence-corrected chi connectivity index (χ0v) is 21.3. The SMILES string of the molecule is Cc1ncc(Br)c(N(CC(C)C)N(CCCN2CCN(C)CC2)C(=O)c2ccccc2)n1. The van der Waals surface area contributed by atoms with E-state index in [1.807, 2.05) is 47.3 Å². The second-order valence-electron chi connectivity index (χ2n) is 8.86. The van der Waals surface area contributed by atoms with E-state index in [1.54, 1.807) is 6.20 Å². The van der Waals surface area contributed by atoms with Crippen LogP contribution >= 0.6 is 15.9 Å². The monoisotopic (exact) mass is 502 g/mol. The largest absolute Gasteiger partial charge is 0.304 e. The number of rotatable bonds is 9. The van der Waals surface area contributed by atoms with Gasteiger partial charge in [0.2, 0.25) is 0 Å². The molecule has 1 saturated heterocycles. The van der Waals surface area contributed by atoms with E-state index in [0.717, 1.165) is 49.4 Å². The number of aromatic nitrogens is 2. The van der Waals surface area contributed by atoms with Crippen molar-refractivity contribution in [2.24, 2.45) is 5.92 Å². The summed E-state index contributed by atoms with van der Waals surface area (Å²) in [5.41, 5.74) is 0.683. The molecule has 0 aliphatic carbocycles. The minimum atomic E-state index is -0.00667. The van der Waals surface area contributed by atoms with Crippen LogP contribution in [0.25, 0.3) is 0 Å². The molecule has 0 unspecified atom stereocenters. The second kappa shape index (κ2) is 11.7. The van der Waals surface area contributed by atoms with Crippen molar-refractivity contribution in [3.63, 3.8) is 0 Å². The third kappa shape index (κ3) is 6.73. The molecule has 1 aliphatic rings. The zero-order chi connectivity index (χ0) is 23.1. The van der Waals surface area contributed by atoms with Crippen molar-refractivity contribution in [1.82, 2.24) is 24.8 Å². The van der Waals surface area contributed by atoms with Crippen LogP contribution in [-0.2, 0) is 0 Å². The number of anilines is 1. The number of carbonyl (C=O) groups excluding carboxylic acids is 1. The Labute approximate surface area is 200 Å². The van der Waals surface area contributed by atoms with Gasteiger partial charge in [-0.25, -0.2) is 15.0 Å². The lowest BCUT2D eigenvalue weighted by Crippen LogP contribution is -2.50. The second-order valence-corrected chi connectivity index (χ2v) is 9.71. The van der Waals surface area contributed by atoms with Crippen LogP contribution in [0, 0.1) is 12.8 Å². The average Bonchev–Trinajstić information content (AvgIpc) is 2.78. The number of amides is 1. The van der Waals surface area contributed by atoms with Crippen LogP contribution in [0.1, 0.15) is 36.5 Å². The van der Waals surface area contributed by atoms with Gasteiger partial charge in [0.05, 0.1) is 4.47 Å². The normalized spacial score (nSPS) is 15.2. The highest BCUT2D eigenvalue weighted by molar-refractivity contribution is 9.10. The molecule has 0 saturated carbocycles. The summed E-state index contributed by atoms with van der Waals surface area (Å²) < 4.78 is 0.786. The van der Waals surface area contributed by atoms with Gasteiger partial charge in [0.1, 0.15) is 5.82 Å². The minimum Gasteiger partial charge on any atom is -0.304 e. The van der Waals surface area contributed by atoms with E-state index < -0.39 is 0 Å². The molecule has 2 heterocycles. The predicted octanol–water partition coefficient (Wildman–Crippen LogP) is 3.70. The Balaban J connectivity index is 1.85. The number of hydrogen-bond donors (Lipinski definition) is 0. The summed E-state index contributed by atoms with van der Waals surface area (Å²) in [4.78, 5) is 27.5. The van der Waals surface area contributed by atoms with Crippen molar-refractivity contribution in [2.75, 3.05) is 57.9 Å². The highest BCUT2D eigenvalue weighted by Gasteiger charge is 2.27. The van der Waals surface area contributed by atoms with Crippen molar-refractivity contribution >= 4 is 27.7 Å². The Kier molecular flexibility index (Phi) is 9.02. The number of nitrogens with zero attached hydrogens (tertiary/aromatic N) is 6. The summed E-state index contributed by atoms with van der Waals surface area (Å²) in [5.74, 6) is 1.75. The lowest BCUT2D eigenvalue weighted by Gasteiger charge is -2.38. The van der Waals surface area contributed by atoms with Gasteiger partial charge in [-0.2, -0.15) is 0 Å². The number of carbonyl (C=O) groups is 1. The van der Waals surface area contributed by atoms with Gasteiger partial charge in [-0.15, -0.1) is 0 Å². The molecule has 1 aliphatic heterocycles. The van der Waals surface area contributed by atoms with Crippen LogP contribution in [-0.4, -0.2) is 83.5 Å². The number of halogens is 1. The summed E-state index contributed by atoms with van der Waals surface area (Å²) in [5, 5.41) is 3.90. The van der Waals surface area contributed by atoms with Crippen molar-refractivity contribution in [1.29, 1.82) is 0 Å². The third-order valence-corrected chi connectivity index (χ3v) is 6.17. The van der Waals surface area contributed by atoms with Gasteiger partial charge in [-0.05, 0) is 54.4 Å². The molecule has 1 fully saturated rings. The molecular weight excluding hydrogens is 468 g/mol. The molecule has 8 heteroatoms. The molecule has 2 aromatic rings. The lowest BCUT2D eigenvalue weighted by atomic mass is 10.2. The first-order valence-electron chi connectivity index (χ1n) is 11.4. The maximum Gasteiger partial charge on any atom is 0.272 e. The summed E-state index contributed by atoms with van der Waals surface area (Å²) in [6.45, 7) is 12.8. The smallest absolute Gasteiger partial charge is 0.272 e. The van der Waals surface area contributed by atoms with Gasteiger partial charge >= 0.3 is 0 Å². The Bertz CT molecular complexity index is 870. The molecule has 1 amide bonds. The van der Waals surface area contributed by atoms with Crippen molar-refractivity contribution in [2.45, 2.75) is 27.2 Å². The number of aryl methyl sites for hydroxylation is 1. The quantitative estimate of drug-likeness (QED) is 0.487. The Morgan fingerprint density at radius 2 is 1.84 bits per heavy atom. The van der Waals surface area contributed by atoms with Gasteiger partial charge in [0.25, 0.3) is 5.91 Å². The number of likely N-dealkylation sites (N-methyl/N-ethyl adjacent to an activating group) is 1. The van der Waals surface area contributed by atoms with Crippen molar-refractivity contribution in [3.05, 3.63) is 52.4 Å². The standard InChI is InChI=1S/C24H35BrN6O/c1-19(2)18-31(23-22(25)17-26-20(3)27-23)30(24(32)21-9-6-5-7-10-21)12-8-11-29-15-13-28(4)14-16-29/h5-7,9-10,17,19H,8,11-16,18H2,1-4H3. The molecule has 3 rings (SSSR count). The first-order valence-corrected chi connectivity index (χ1v) is 12.2. The Morgan fingerprint density at radius 1 is 1.16 bits per heavy atom. The van der Waals surface area contributed by atoms with Crippen LogP contribution < -0.4 is 5.01 Å². The molecule has 0 N–H and O–H groups in total. The van der Waals surface area contributed by atoms with E-state index in [9.17, 15) is 4.79 Å². The van der Waals surface area contributed by atoms with Gasteiger partial charge in [0, 0.05) is 57.6 Å². The number of hydrogen-bond acceptors (Lipinski definition) is 6. The fraction of sp³-hybridized carbons (Fsp3) is 0.542. The highest BCUT2D eigenvalue weighted by Crippen LogP contribution is 2.26. The van der Waals surface area contributed by atoms with E-state index in [1.165, 1.54) is 0 Å². The first kappa shape index (κ1) is 24.6. The van der Waals surface area contributed by atoms with E-state index in [4.69, 9.17) is 0 Å². The number of benzene rings is 1. The van der Waals surface area contributed by atoms with Crippen LogP contribution in [0.5, 0.6) is 0 Å². The fourth-order valence-electron chi connectivity index (χ4n) is 3.85. The molecule has 1 aromatic heterocycles. The summed E-state index contributed by atoms with van der Waals surface area (Å²) in [6, 6.07) is 9.51. The summed E-state index contributed by atoms with van der Waals surface area (Å²) in [7, 11) is 2.17. The van der Waals surface area contributed by atoms with Crippen molar-refractivity contribution in [3.8, 4) is 0 Å². The Morgan fingerprint density at radius 3 is 2.50 bits per heavy atom. The minimum absolute atomic E-state index is 0.00667. The summed E-state index contributed by atoms with van der Waals surface area (Å²) >= 11 is 3.61. The lowest BCUT2D eigenvalue weighted by molar-refractivity contribution is 0.0711. The van der Waals surface area contributed by atoms with Crippen molar-refractivity contribution < 1.29 is 4.79 Å².